The van der Waals surface area contributed by atoms with Crippen LogP contribution in [0.15, 0.2) is 23.3 Å². The first-order chi connectivity index (χ1) is 13.2. The molecule has 0 aliphatic carbocycles. The van der Waals surface area contributed by atoms with E-state index in [2.05, 4.69) is 20.6 Å². The number of carbonyl (C=O) groups is 1. The maximum Gasteiger partial charge on any atom is 0.417 e. The highest BCUT2D eigenvalue weighted by Crippen LogP contribution is 2.29. The average molecular weight is 401 g/mol. The summed E-state index contributed by atoms with van der Waals surface area (Å²) in [6, 6.07) is 2.24. The molecule has 0 bridgehead atoms. The van der Waals surface area contributed by atoms with Crippen molar-refractivity contribution in [2.45, 2.75) is 32.5 Å². The number of nitrogens with zero attached hydrogens (tertiary/aromatic N) is 3. The smallest absolute Gasteiger partial charge is 0.417 e. The van der Waals surface area contributed by atoms with Gasteiger partial charge in [0.05, 0.1) is 12.1 Å². The number of guanidine groups is 1. The number of rotatable bonds is 6. The normalized spacial score (nSPS) is 17.8. The Labute approximate surface area is 162 Å². The molecular formula is C18H26F3N5O2. The molecule has 28 heavy (non-hydrogen) atoms. The molecular weight excluding hydrogens is 375 g/mol. The van der Waals surface area contributed by atoms with Crippen molar-refractivity contribution < 1.29 is 22.7 Å². The predicted octanol–water partition coefficient (Wildman–Crippen LogP) is 1.90. The van der Waals surface area contributed by atoms with Gasteiger partial charge in [0, 0.05) is 44.4 Å². The fraction of sp³-hybridized carbons (Fsp3) is 0.611. The molecule has 1 amide bonds. The van der Waals surface area contributed by atoms with E-state index in [1.54, 1.807) is 7.05 Å². The van der Waals surface area contributed by atoms with Crippen LogP contribution in [-0.2, 0) is 11.0 Å². The first kappa shape index (κ1) is 21.8. The maximum absolute atomic E-state index is 12.5. The molecule has 7 nitrogen and oxygen atoms in total. The van der Waals surface area contributed by atoms with Crippen LogP contribution in [-0.4, -0.2) is 61.1 Å². The van der Waals surface area contributed by atoms with E-state index in [9.17, 15) is 18.0 Å². The molecule has 1 fully saturated rings. The highest BCUT2D eigenvalue weighted by Gasteiger charge is 2.30. The Kier molecular flexibility index (Phi) is 7.47. The monoisotopic (exact) mass is 401 g/mol. The highest BCUT2D eigenvalue weighted by molar-refractivity contribution is 5.81. The largest absolute Gasteiger partial charge is 0.476 e. The molecule has 2 N–H and O–H groups in total. The second-order valence-corrected chi connectivity index (χ2v) is 6.80. The summed E-state index contributed by atoms with van der Waals surface area (Å²) < 4.78 is 42.8. The molecule has 1 aliphatic heterocycles. The van der Waals surface area contributed by atoms with E-state index in [4.69, 9.17) is 4.74 Å². The Morgan fingerprint density at radius 2 is 2.18 bits per heavy atom. The lowest BCUT2D eigenvalue weighted by molar-refractivity contribution is -0.138. The molecule has 1 aliphatic rings. The third-order valence-corrected chi connectivity index (χ3v) is 4.27. The molecule has 1 atom stereocenters. The standard InChI is InChI=1S/C18H26F3N5O2/c1-12(2)16(27)26-8-6-14(11-26)25-17(22-3)23-7-9-28-15-5-4-13(10-24-15)18(19,20)21/h4-5,10,12,14H,6-9,11H2,1-3H3,(H2,22,23,25). The molecule has 0 radical (unpaired) electrons. The molecule has 156 valence electrons. The summed E-state index contributed by atoms with van der Waals surface area (Å²) >= 11 is 0. The molecule has 1 aromatic rings. The molecule has 2 rings (SSSR count). The van der Waals surface area contributed by atoms with Crippen LogP contribution in [0.25, 0.3) is 0 Å². The summed E-state index contributed by atoms with van der Waals surface area (Å²) in [6.45, 7) is 5.72. The number of aliphatic imine (C=N–C) groups is 1. The van der Waals surface area contributed by atoms with Gasteiger partial charge in [0.15, 0.2) is 5.96 Å². The van der Waals surface area contributed by atoms with Gasteiger partial charge in [-0.25, -0.2) is 4.98 Å². The van der Waals surface area contributed by atoms with Crippen LogP contribution in [0.3, 0.4) is 0 Å². The fourth-order valence-electron chi connectivity index (χ4n) is 2.79. The molecule has 0 spiro atoms. The lowest BCUT2D eigenvalue weighted by atomic mass is 10.2. The van der Waals surface area contributed by atoms with E-state index in [1.165, 1.54) is 6.07 Å². The lowest BCUT2D eigenvalue weighted by Gasteiger charge is -2.20. The van der Waals surface area contributed by atoms with E-state index in [0.717, 1.165) is 18.7 Å². The van der Waals surface area contributed by atoms with Gasteiger partial charge in [0.25, 0.3) is 0 Å². The SMILES string of the molecule is CN=C(NCCOc1ccc(C(F)(F)F)cn1)NC1CCN(C(=O)C(C)C)C1. The third kappa shape index (κ3) is 6.28. The van der Waals surface area contributed by atoms with Crippen molar-refractivity contribution in [3.05, 3.63) is 23.9 Å². The molecule has 1 unspecified atom stereocenters. The van der Waals surface area contributed by atoms with Crippen molar-refractivity contribution >= 4 is 11.9 Å². The van der Waals surface area contributed by atoms with E-state index in [0.29, 0.717) is 25.6 Å². The molecule has 0 aromatic carbocycles. The Morgan fingerprint density at radius 3 is 2.75 bits per heavy atom. The van der Waals surface area contributed by atoms with Crippen molar-refractivity contribution in [2.75, 3.05) is 33.3 Å². The van der Waals surface area contributed by atoms with Crippen LogP contribution in [0.4, 0.5) is 13.2 Å². The van der Waals surface area contributed by atoms with Crippen LogP contribution in [0.2, 0.25) is 0 Å². The summed E-state index contributed by atoms with van der Waals surface area (Å²) in [7, 11) is 1.64. The van der Waals surface area contributed by atoms with Gasteiger partial charge in [-0.1, -0.05) is 13.8 Å². The van der Waals surface area contributed by atoms with Crippen molar-refractivity contribution in [3.8, 4) is 5.88 Å². The summed E-state index contributed by atoms with van der Waals surface area (Å²) in [5.41, 5.74) is -0.816. The van der Waals surface area contributed by atoms with Crippen LogP contribution in [0.5, 0.6) is 5.88 Å². The third-order valence-electron chi connectivity index (χ3n) is 4.27. The van der Waals surface area contributed by atoms with Gasteiger partial charge in [-0.2, -0.15) is 13.2 Å². The number of carbonyl (C=O) groups excluding carboxylic acids is 1. The average Bonchev–Trinajstić information content (AvgIpc) is 3.11. The molecule has 10 heteroatoms. The van der Waals surface area contributed by atoms with Crippen molar-refractivity contribution in [2.24, 2.45) is 10.9 Å². The second kappa shape index (κ2) is 9.61. The van der Waals surface area contributed by atoms with E-state index < -0.39 is 11.7 Å². The topological polar surface area (TPSA) is 78.9 Å². The van der Waals surface area contributed by atoms with Gasteiger partial charge in [0.1, 0.15) is 6.61 Å². The van der Waals surface area contributed by atoms with Gasteiger partial charge in [-0.05, 0) is 12.5 Å². The number of hydrogen-bond acceptors (Lipinski definition) is 4. The summed E-state index contributed by atoms with van der Waals surface area (Å²) in [4.78, 5) is 21.7. The van der Waals surface area contributed by atoms with E-state index in [-0.39, 0.29) is 30.4 Å². The zero-order valence-electron chi connectivity index (χ0n) is 16.2. The number of halogens is 3. The summed E-state index contributed by atoms with van der Waals surface area (Å²) in [5.74, 6) is 0.820. The highest BCUT2D eigenvalue weighted by atomic mass is 19.4. The zero-order valence-corrected chi connectivity index (χ0v) is 16.2. The van der Waals surface area contributed by atoms with Crippen LogP contribution in [0.1, 0.15) is 25.8 Å². The number of alkyl halides is 3. The first-order valence-electron chi connectivity index (χ1n) is 9.12. The predicted molar refractivity (Wildman–Crippen MR) is 99.1 cm³/mol. The van der Waals surface area contributed by atoms with E-state index >= 15 is 0 Å². The number of aromatic nitrogens is 1. The number of likely N-dealkylation sites (tertiary alicyclic amines) is 1. The van der Waals surface area contributed by atoms with Crippen LogP contribution >= 0.6 is 0 Å². The van der Waals surface area contributed by atoms with Crippen LogP contribution in [0, 0.1) is 5.92 Å². The molecule has 2 heterocycles. The second-order valence-electron chi connectivity index (χ2n) is 6.80. The summed E-state index contributed by atoms with van der Waals surface area (Å²) in [6.07, 6.45) is -2.83. The minimum atomic E-state index is -4.42. The lowest BCUT2D eigenvalue weighted by Crippen LogP contribution is -2.46. The Bertz CT molecular complexity index is 677. The minimum absolute atomic E-state index is 0.0212. The van der Waals surface area contributed by atoms with Gasteiger partial charge >= 0.3 is 6.18 Å². The summed E-state index contributed by atoms with van der Waals surface area (Å²) in [5, 5.41) is 6.33. The van der Waals surface area contributed by atoms with Crippen LogP contribution < -0.4 is 15.4 Å². The minimum Gasteiger partial charge on any atom is -0.476 e. The number of amides is 1. The van der Waals surface area contributed by atoms with Gasteiger partial charge in [-0.3, -0.25) is 9.79 Å². The fourth-order valence-corrected chi connectivity index (χ4v) is 2.79. The van der Waals surface area contributed by atoms with Gasteiger partial charge in [-0.15, -0.1) is 0 Å². The number of pyridine rings is 1. The number of nitrogens with one attached hydrogen (secondary N) is 2. The Hall–Kier alpha value is -2.52. The van der Waals surface area contributed by atoms with Gasteiger partial charge in [0.2, 0.25) is 11.8 Å². The zero-order chi connectivity index (χ0) is 20.7. The molecule has 0 saturated carbocycles. The van der Waals surface area contributed by atoms with Gasteiger partial charge < -0.3 is 20.3 Å². The Morgan fingerprint density at radius 1 is 1.43 bits per heavy atom. The Balaban J connectivity index is 1.71. The van der Waals surface area contributed by atoms with E-state index in [1.807, 2.05) is 18.7 Å². The van der Waals surface area contributed by atoms with Crippen molar-refractivity contribution in [1.29, 1.82) is 0 Å². The number of ether oxygens (including phenoxy) is 1. The quantitative estimate of drug-likeness (QED) is 0.433. The van der Waals surface area contributed by atoms with Crippen molar-refractivity contribution in [3.63, 3.8) is 0 Å². The van der Waals surface area contributed by atoms with Crippen molar-refractivity contribution in [1.82, 2.24) is 20.5 Å². The maximum atomic E-state index is 12.5. The molecule has 1 aromatic heterocycles. The molecule has 1 saturated heterocycles. The first-order valence-corrected chi connectivity index (χ1v) is 9.12. The number of hydrogen-bond donors (Lipinski definition) is 2.